The summed E-state index contributed by atoms with van der Waals surface area (Å²) in [4.78, 5) is 4.59. The number of hydrogen-bond donors (Lipinski definition) is 1. The van der Waals surface area contributed by atoms with E-state index in [2.05, 4.69) is 26.7 Å². The van der Waals surface area contributed by atoms with Crippen LogP contribution in [0.3, 0.4) is 0 Å². The molecule has 5 nitrogen and oxygen atoms in total. The van der Waals surface area contributed by atoms with Gasteiger partial charge in [0.05, 0.1) is 6.10 Å². The Morgan fingerprint density at radius 2 is 1.64 bits per heavy atom. The molecule has 1 aliphatic heterocycles. The zero-order valence-corrected chi connectivity index (χ0v) is 19.2. The van der Waals surface area contributed by atoms with Gasteiger partial charge in [-0.3, -0.25) is 0 Å². The van der Waals surface area contributed by atoms with E-state index in [1.165, 1.54) is 17.8 Å². The fourth-order valence-electron chi connectivity index (χ4n) is 4.05. The monoisotopic (exact) mass is 466 g/mol. The van der Waals surface area contributed by atoms with E-state index in [1.54, 1.807) is 12.1 Å². The van der Waals surface area contributed by atoms with Crippen LogP contribution in [0, 0.1) is 5.92 Å². The fourth-order valence-corrected chi connectivity index (χ4v) is 4.05. The molecule has 0 spiro atoms. The molecule has 0 amide bonds. The van der Waals surface area contributed by atoms with Gasteiger partial charge in [-0.1, -0.05) is 19.1 Å². The largest absolute Gasteiger partial charge is 0.573 e. The SMILES string of the molecule is CCC(O)COc1ccc(N2CCC(CN(C)Cc3ccc(OC(F)(F)F)cc3)CC2)cc1. The number of ether oxygens (including phenoxy) is 2. The Kier molecular flexibility index (Phi) is 8.86. The van der Waals surface area contributed by atoms with Crippen molar-refractivity contribution in [2.45, 2.75) is 45.2 Å². The molecule has 1 N–H and O–H groups in total. The van der Waals surface area contributed by atoms with Gasteiger partial charge in [0.2, 0.25) is 0 Å². The Morgan fingerprint density at radius 3 is 2.21 bits per heavy atom. The lowest BCUT2D eigenvalue weighted by Crippen LogP contribution is -2.37. The molecular formula is C25H33F3N2O3. The number of benzene rings is 2. The van der Waals surface area contributed by atoms with E-state index in [0.717, 1.165) is 43.8 Å². The van der Waals surface area contributed by atoms with Crippen molar-refractivity contribution in [2.24, 2.45) is 5.92 Å². The third kappa shape index (κ3) is 8.44. The van der Waals surface area contributed by atoms with Gasteiger partial charge >= 0.3 is 6.36 Å². The molecule has 3 rings (SSSR count). The lowest BCUT2D eigenvalue weighted by molar-refractivity contribution is -0.274. The Morgan fingerprint density at radius 1 is 1.03 bits per heavy atom. The molecule has 1 fully saturated rings. The van der Waals surface area contributed by atoms with Crippen molar-refractivity contribution in [3.63, 3.8) is 0 Å². The minimum Gasteiger partial charge on any atom is -0.491 e. The van der Waals surface area contributed by atoms with Crippen LogP contribution in [-0.2, 0) is 6.54 Å². The molecule has 33 heavy (non-hydrogen) atoms. The van der Waals surface area contributed by atoms with Crippen LogP contribution < -0.4 is 14.4 Å². The zero-order chi connectivity index (χ0) is 23.8. The van der Waals surface area contributed by atoms with Crippen LogP contribution in [0.25, 0.3) is 0 Å². The summed E-state index contributed by atoms with van der Waals surface area (Å²) in [6, 6.07) is 14.1. The van der Waals surface area contributed by atoms with Crippen molar-refractivity contribution >= 4 is 5.69 Å². The molecule has 182 valence electrons. The Bertz CT molecular complexity index is 835. The number of hydrogen-bond acceptors (Lipinski definition) is 5. The summed E-state index contributed by atoms with van der Waals surface area (Å²) in [5, 5.41) is 9.62. The molecule has 0 aromatic heterocycles. The summed E-state index contributed by atoms with van der Waals surface area (Å²) in [5.74, 6) is 1.15. The lowest BCUT2D eigenvalue weighted by atomic mass is 9.95. The first kappa shape index (κ1) is 25.2. The maximum atomic E-state index is 12.3. The van der Waals surface area contributed by atoms with Crippen LogP contribution >= 0.6 is 0 Å². The van der Waals surface area contributed by atoms with Gasteiger partial charge < -0.3 is 24.4 Å². The highest BCUT2D eigenvalue weighted by Crippen LogP contribution is 2.27. The predicted molar refractivity (Wildman–Crippen MR) is 123 cm³/mol. The Balaban J connectivity index is 1.41. The summed E-state index contributed by atoms with van der Waals surface area (Å²) in [5.41, 5.74) is 2.13. The molecule has 1 heterocycles. The maximum Gasteiger partial charge on any atom is 0.573 e. The van der Waals surface area contributed by atoms with E-state index in [1.807, 2.05) is 26.1 Å². The highest BCUT2D eigenvalue weighted by Gasteiger charge is 2.31. The van der Waals surface area contributed by atoms with E-state index in [0.29, 0.717) is 25.5 Å². The molecule has 1 atom stereocenters. The van der Waals surface area contributed by atoms with Crippen molar-refractivity contribution in [3.05, 3.63) is 54.1 Å². The molecule has 2 aromatic rings. The number of halogens is 3. The van der Waals surface area contributed by atoms with Crippen LogP contribution in [0.5, 0.6) is 11.5 Å². The number of rotatable bonds is 10. The number of anilines is 1. The normalized spacial score (nSPS) is 16.2. The van der Waals surface area contributed by atoms with Gasteiger partial charge in [-0.25, -0.2) is 0 Å². The van der Waals surface area contributed by atoms with Gasteiger partial charge in [-0.15, -0.1) is 13.2 Å². The molecule has 2 aromatic carbocycles. The minimum atomic E-state index is -4.67. The highest BCUT2D eigenvalue weighted by atomic mass is 19.4. The fraction of sp³-hybridized carbons (Fsp3) is 0.520. The lowest BCUT2D eigenvalue weighted by Gasteiger charge is -2.35. The van der Waals surface area contributed by atoms with Crippen molar-refractivity contribution in [1.29, 1.82) is 0 Å². The van der Waals surface area contributed by atoms with Crippen molar-refractivity contribution in [2.75, 3.05) is 38.2 Å². The average molecular weight is 467 g/mol. The van der Waals surface area contributed by atoms with Crippen LogP contribution in [0.4, 0.5) is 18.9 Å². The molecule has 8 heteroatoms. The first-order valence-electron chi connectivity index (χ1n) is 11.4. The molecule has 1 saturated heterocycles. The standard InChI is InChI=1S/C25H33F3N2O3/c1-3-22(31)18-32-23-10-6-21(7-11-23)30-14-12-20(13-15-30)17-29(2)16-19-4-8-24(9-5-19)33-25(26,27)28/h4-11,20,22,31H,3,12-18H2,1-2H3. The van der Waals surface area contributed by atoms with E-state index in [4.69, 9.17) is 4.74 Å². The smallest absolute Gasteiger partial charge is 0.491 e. The van der Waals surface area contributed by atoms with Crippen molar-refractivity contribution in [1.82, 2.24) is 4.90 Å². The summed E-state index contributed by atoms with van der Waals surface area (Å²) in [6.07, 6.45) is -2.26. The van der Waals surface area contributed by atoms with Crippen molar-refractivity contribution in [3.8, 4) is 11.5 Å². The second kappa shape index (κ2) is 11.6. The molecule has 0 aliphatic carbocycles. The third-order valence-electron chi connectivity index (χ3n) is 5.91. The molecule has 1 aliphatic rings. The van der Waals surface area contributed by atoms with Gasteiger partial charge in [0.1, 0.15) is 18.1 Å². The van der Waals surface area contributed by atoms with Crippen LogP contribution in [0.2, 0.25) is 0 Å². The highest BCUT2D eigenvalue weighted by molar-refractivity contribution is 5.49. The molecular weight excluding hydrogens is 433 g/mol. The average Bonchev–Trinajstić information content (AvgIpc) is 2.78. The summed E-state index contributed by atoms with van der Waals surface area (Å²) < 4.78 is 46.4. The number of aliphatic hydroxyl groups is 1. The number of piperidine rings is 1. The van der Waals surface area contributed by atoms with E-state index < -0.39 is 12.5 Å². The zero-order valence-electron chi connectivity index (χ0n) is 19.2. The number of aliphatic hydroxyl groups excluding tert-OH is 1. The van der Waals surface area contributed by atoms with Crippen LogP contribution in [0.15, 0.2) is 48.5 Å². The summed E-state index contributed by atoms with van der Waals surface area (Å²) in [7, 11) is 2.04. The Hall–Kier alpha value is -2.45. The van der Waals surface area contributed by atoms with Crippen LogP contribution in [-0.4, -0.2) is 55.8 Å². The van der Waals surface area contributed by atoms with E-state index in [9.17, 15) is 18.3 Å². The van der Waals surface area contributed by atoms with Gasteiger partial charge in [0.25, 0.3) is 0 Å². The minimum absolute atomic E-state index is 0.195. The Labute approximate surface area is 193 Å². The van der Waals surface area contributed by atoms with E-state index >= 15 is 0 Å². The van der Waals surface area contributed by atoms with Gasteiger partial charge in [0, 0.05) is 31.9 Å². The van der Waals surface area contributed by atoms with Gasteiger partial charge in [-0.05, 0) is 74.2 Å². The molecule has 1 unspecified atom stereocenters. The van der Waals surface area contributed by atoms with Gasteiger partial charge in [0.15, 0.2) is 0 Å². The second-order valence-corrected chi connectivity index (χ2v) is 8.69. The summed E-state index contributed by atoms with van der Waals surface area (Å²) in [6.45, 7) is 5.82. The predicted octanol–water partition coefficient (Wildman–Crippen LogP) is 5.08. The first-order chi connectivity index (χ1) is 15.7. The summed E-state index contributed by atoms with van der Waals surface area (Å²) >= 11 is 0. The quantitative estimate of drug-likeness (QED) is 0.529. The third-order valence-corrected chi connectivity index (χ3v) is 5.91. The number of nitrogens with zero attached hydrogens (tertiary/aromatic N) is 2. The second-order valence-electron chi connectivity index (χ2n) is 8.69. The van der Waals surface area contributed by atoms with Gasteiger partial charge in [-0.2, -0.15) is 0 Å². The first-order valence-corrected chi connectivity index (χ1v) is 11.4. The van der Waals surface area contributed by atoms with Crippen LogP contribution in [0.1, 0.15) is 31.7 Å². The molecule has 0 bridgehead atoms. The molecule has 0 saturated carbocycles. The van der Waals surface area contributed by atoms with E-state index in [-0.39, 0.29) is 5.75 Å². The molecule has 0 radical (unpaired) electrons. The number of alkyl halides is 3. The van der Waals surface area contributed by atoms with Crippen molar-refractivity contribution < 1.29 is 27.8 Å². The maximum absolute atomic E-state index is 12.3. The topological polar surface area (TPSA) is 45.2 Å².